The maximum Gasteiger partial charge on any atom is 0.191 e. The zero-order valence-electron chi connectivity index (χ0n) is 14.5. The number of hydrogen-bond donors (Lipinski definition) is 3. The Morgan fingerprint density at radius 2 is 1.88 bits per heavy atom. The zero-order chi connectivity index (χ0) is 18.1. The van der Waals surface area contributed by atoms with Crippen molar-refractivity contribution in [2.75, 3.05) is 19.6 Å². The van der Waals surface area contributed by atoms with Crippen molar-refractivity contribution in [1.82, 2.24) is 15.6 Å². The van der Waals surface area contributed by atoms with Gasteiger partial charge >= 0.3 is 0 Å². The van der Waals surface area contributed by atoms with Gasteiger partial charge in [0.25, 0.3) is 0 Å². The number of aliphatic hydroxyl groups excluding tert-OH is 1. The number of nitrogens with zero attached hydrogens (tertiary/aromatic N) is 2. The third-order valence-electron chi connectivity index (χ3n) is 3.52. The number of guanidine groups is 1. The van der Waals surface area contributed by atoms with Crippen molar-refractivity contribution >= 4 is 53.1 Å². The molecule has 0 aliphatic carbocycles. The molecule has 0 radical (unpaired) electrons. The predicted molar refractivity (Wildman–Crippen MR) is 119 cm³/mol. The minimum absolute atomic E-state index is 0. The molecule has 2 rings (SSSR count). The smallest absolute Gasteiger partial charge is 0.191 e. The summed E-state index contributed by atoms with van der Waals surface area (Å²) in [5, 5.41) is 17.8. The van der Waals surface area contributed by atoms with Crippen molar-refractivity contribution in [2.45, 2.75) is 19.4 Å². The van der Waals surface area contributed by atoms with E-state index in [0.29, 0.717) is 22.7 Å². The van der Waals surface area contributed by atoms with Crippen LogP contribution in [0.25, 0.3) is 0 Å². The maximum atomic E-state index is 10.2. The Morgan fingerprint density at radius 1 is 1.15 bits per heavy atom. The molecule has 1 unspecified atom stereocenters. The van der Waals surface area contributed by atoms with Gasteiger partial charge in [0.1, 0.15) is 5.15 Å². The second-order valence-corrected chi connectivity index (χ2v) is 6.28. The van der Waals surface area contributed by atoms with E-state index in [4.69, 9.17) is 23.2 Å². The van der Waals surface area contributed by atoms with E-state index in [1.54, 1.807) is 36.5 Å². The standard InChI is InChI=1S/C18H22Cl2N4O.HI/c1-2-21-18(22-10-9-13-3-8-17(20)23-11-13)24-12-16(25)14-4-6-15(19)7-5-14;/h3-8,11,16,25H,2,9-10,12H2,1H3,(H2,21,22,24);1H. The van der Waals surface area contributed by atoms with Crippen LogP contribution in [0.3, 0.4) is 0 Å². The SMILES string of the molecule is CCNC(=NCC(O)c1ccc(Cl)cc1)NCCc1ccc(Cl)nc1.I. The van der Waals surface area contributed by atoms with Gasteiger partial charge in [0, 0.05) is 24.3 Å². The molecule has 142 valence electrons. The van der Waals surface area contributed by atoms with E-state index >= 15 is 0 Å². The number of rotatable bonds is 7. The van der Waals surface area contributed by atoms with Crippen molar-refractivity contribution in [3.05, 3.63) is 63.9 Å². The molecule has 0 saturated carbocycles. The highest BCUT2D eigenvalue weighted by atomic mass is 127. The van der Waals surface area contributed by atoms with Gasteiger partial charge in [-0.2, -0.15) is 0 Å². The third-order valence-corrected chi connectivity index (χ3v) is 3.99. The lowest BCUT2D eigenvalue weighted by Crippen LogP contribution is -2.38. The van der Waals surface area contributed by atoms with Crippen LogP contribution in [0.2, 0.25) is 10.2 Å². The van der Waals surface area contributed by atoms with Crippen LogP contribution < -0.4 is 10.6 Å². The van der Waals surface area contributed by atoms with Crippen molar-refractivity contribution in [3.63, 3.8) is 0 Å². The van der Waals surface area contributed by atoms with Gasteiger partial charge in [0.05, 0.1) is 12.6 Å². The average Bonchev–Trinajstić information content (AvgIpc) is 2.61. The molecular formula is C18H23Cl2IN4O. The largest absolute Gasteiger partial charge is 0.386 e. The number of hydrogen-bond acceptors (Lipinski definition) is 3. The summed E-state index contributed by atoms with van der Waals surface area (Å²) in [6, 6.07) is 10.8. The second kappa shape index (κ2) is 12.3. The lowest BCUT2D eigenvalue weighted by molar-refractivity contribution is 0.187. The molecule has 0 fully saturated rings. The van der Waals surface area contributed by atoms with Crippen LogP contribution in [0, 0.1) is 0 Å². The van der Waals surface area contributed by atoms with Gasteiger partial charge in [0.2, 0.25) is 0 Å². The van der Waals surface area contributed by atoms with Crippen LogP contribution in [0.1, 0.15) is 24.2 Å². The summed E-state index contributed by atoms with van der Waals surface area (Å²) in [5.74, 6) is 0.664. The molecule has 0 saturated heterocycles. The first-order valence-corrected chi connectivity index (χ1v) is 8.90. The van der Waals surface area contributed by atoms with Gasteiger partial charge in [-0.05, 0) is 42.7 Å². The van der Waals surface area contributed by atoms with E-state index in [2.05, 4.69) is 20.6 Å². The Kier molecular flexibility index (Phi) is 10.9. The minimum atomic E-state index is -0.673. The number of pyridine rings is 1. The molecule has 0 aliphatic heterocycles. The molecule has 8 heteroatoms. The molecule has 2 aromatic rings. The fourth-order valence-electron chi connectivity index (χ4n) is 2.19. The van der Waals surface area contributed by atoms with Crippen molar-refractivity contribution in [2.24, 2.45) is 4.99 Å². The normalized spacial score (nSPS) is 12.2. The Hall–Kier alpha value is -1.09. The topological polar surface area (TPSA) is 69.5 Å². The molecule has 5 nitrogen and oxygen atoms in total. The van der Waals surface area contributed by atoms with E-state index in [9.17, 15) is 5.11 Å². The average molecular weight is 509 g/mol. The van der Waals surface area contributed by atoms with Crippen molar-refractivity contribution in [3.8, 4) is 0 Å². The van der Waals surface area contributed by atoms with Gasteiger partial charge < -0.3 is 15.7 Å². The molecule has 26 heavy (non-hydrogen) atoms. The molecule has 0 spiro atoms. The maximum absolute atomic E-state index is 10.2. The molecular weight excluding hydrogens is 486 g/mol. The van der Waals surface area contributed by atoms with Gasteiger partial charge in [-0.25, -0.2) is 4.98 Å². The molecule has 1 aromatic carbocycles. The van der Waals surface area contributed by atoms with Crippen LogP contribution in [-0.4, -0.2) is 35.7 Å². The Balaban J connectivity index is 0.00000338. The van der Waals surface area contributed by atoms with E-state index in [-0.39, 0.29) is 30.5 Å². The lowest BCUT2D eigenvalue weighted by Gasteiger charge is -2.13. The predicted octanol–water partition coefficient (Wildman–Crippen LogP) is 3.84. The van der Waals surface area contributed by atoms with Crippen LogP contribution in [0.4, 0.5) is 0 Å². The summed E-state index contributed by atoms with van der Waals surface area (Å²) in [6.07, 6.45) is 1.89. The van der Waals surface area contributed by atoms with Crippen molar-refractivity contribution < 1.29 is 5.11 Å². The number of nitrogens with one attached hydrogen (secondary N) is 2. The quantitative estimate of drug-likeness (QED) is 0.230. The summed E-state index contributed by atoms with van der Waals surface area (Å²) in [5.41, 5.74) is 1.88. The van der Waals surface area contributed by atoms with Gasteiger partial charge in [-0.3, -0.25) is 4.99 Å². The Bertz CT molecular complexity index is 681. The number of aliphatic imine (C=N–C) groups is 1. The minimum Gasteiger partial charge on any atom is -0.386 e. The van der Waals surface area contributed by atoms with E-state index in [1.165, 1.54) is 0 Å². The molecule has 0 amide bonds. The summed E-state index contributed by atoms with van der Waals surface area (Å²) >= 11 is 11.6. The highest BCUT2D eigenvalue weighted by molar-refractivity contribution is 14.0. The van der Waals surface area contributed by atoms with Crippen LogP contribution >= 0.6 is 47.2 Å². The number of aromatic nitrogens is 1. The highest BCUT2D eigenvalue weighted by Gasteiger charge is 2.07. The van der Waals surface area contributed by atoms with E-state index in [0.717, 1.165) is 24.1 Å². The van der Waals surface area contributed by atoms with Crippen molar-refractivity contribution in [1.29, 1.82) is 0 Å². The molecule has 0 aliphatic rings. The molecule has 0 bridgehead atoms. The zero-order valence-corrected chi connectivity index (χ0v) is 18.3. The fraction of sp³-hybridized carbons (Fsp3) is 0.333. The Morgan fingerprint density at radius 3 is 2.50 bits per heavy atom. The first kappa shape index (κ1) is 23.0. The fourth-order valence-corrected chi connectivity index (χ4v) is 2.43. The Labute approximate surface area is 181 Å². The number of halogens is 3. The van der Waals surface area contributed by atoms with E-state index < -0.39 is 6.10 Å². The summed E-state index contributed by atoms with van der Waals surface area (Å²) in [6.45, 7) is 3.70. The molecule has 1 heterocycles. The monoisotopic (exact) mass is 508 g/mol. The summed E-state index contributed by atoms with van der Waals surface area (Å²) < 4.78 is 0. The first-order chi connectivity index (χ1) is 12.1. The summed E-state index contributed by atoms with van der Waals surface area (Å²) in [7, 11) is 0. The van der Waals surface area contributed by atoms with Gasteiger partial charge in [-0.1, -0.05) is 41.4 Å². The molecule has 1 atom stereocenters. The number of aliphatic hydroxyl groups is 1. The first-order valence-electron chi connectivity index (χ1n) is 8.14. The third kappa shape index (κ3) is 8.07. The van der Waals surface area contributed by atoms with Gasteiger partial charge in [0.15, 0.2) is 5.96 Å². The van der Waals surface area contributed by atoms with E-state index in [1.807, 2.05) is 13.0 Å². The van der Waals surface area contributed by atoms with Gasteiger partial charge in [-0.15, -0.1) is 24.0 Å². The van der Waals surface area contributed by atoms with Crippen LogP contribution in [-0.2, 0) is 6.42 Å². The highest BCUT2D eigenvalue weighted by Crippen LogP contribution is 2.16. The molecule has 1 aromatic heterocycles. The molecule has 3 N–H and O–H groups in total. The van der Waals surface area contributed by atoms with Crippen LogP contribution in [0.5, 0.6) is 0 Å². The van der Waals surface area contributed by atoms with Crippen LogP contribution in [0.15, 0.2) is 47.6 Å². The second-order valence-electron chi connectivity index (χ2n) is 5.45. The lowest BCUT2D eigenvalue weighted by atomic mass is 10.1. The summed E-state index contributed by atoms with van der Waals surface area (Å²) in [4.78, 5) is 8.49. The number of benzene rings is 1.